The third-order valence-electron chi connectivity index (χ3n) is 13.0. The largest absolute Gasteiger partial charge is 0.310 e. The Hall–Kier alpha value is -7.00. The fourth-order valence-electron chi connectivity index (χ4n) is 9.72. The van der Waals surface area contributed by atoms with E-state index in [1.807, 2.05) is 44.2 Å². The van der Waals surface area contributed by atoms with Crippen molar-refractivity contribution in [3.63, 3.8) is 0 Å². The van der Waals surface area contributed by atoms with Gasteiger partial charge in [0, 0.05) is 48.2 Å². The smallest absolute Gasteiger partial charge is 0.0465 e. The van der Waals surface area contributed by atoms with E-state index >= 15 is 0 Å². The van der Waals surface area contributed by atoms with Crippen LogP contribution in [0.4, 0.5) is 17.1 Å². The Morgan fingerprint density at radius 2 is 1.14 bits per heavy atom. The molecule has 9 aromatic rings. The Morgan fingerprint density at radius 1 is 0.554 bits per heavy atom. The van der Waals surface area contributed by atoms with Crippen LogP contribution in [-0.2, 0) is 5.41 Å². The first kappa shape index (κ1) is 43.3. The van der Waals surface area contributed by atoms with Crippen LogP contribution in [0.2, 0.25) is 0 Å². The number of allylic oxidation sites excluding steroid dienone is 5. The summed E-state index contributed by atoms with van der Waals surface area (Å²) in [6.07, 6.45) is 6.95. The van der Waals surface area contributed by atoms with Crippen molar-refractivity contribution in [2.24, 2.45) is 0 Å². The Labute approximate surface area is 390 Å². The molecule has 0 saturated heterocycles. The molecule has 8 aromatic carbocycles. The van der Waals surface area contributed by atoms with Gasteiger partial charge in [-0.1, -0.05) is 185 Å². The predicted octanol–water partition coefficient (Wildman–Crippen LogP) is 19.0. The standard InChI is InChI=1S/C51H39NS.C10H12.C2H6/c1-51(2)47-21-13-12-20-42(47)43-28-27-41(33-48(43)51)52(39-18-10-5-11-19-39)40-25-22-36(23-26-40)44-31-38(35-16-8-4-9-17-35)32-46-45-30-37(34-14-6-3-7-15-34)24-29-49(45)53-50(44)46;1-8(2)10-7-5-4-6-9(10)3;1-2/h3-12,14-20,22-33H,13,21H2,1-2H3;4-7H,1H2,2-3H3;1-2H3. The van der Waals surface area contributed by atoms with Crippen LogP contribution in [0, 0.1) is 6.92 Å². The zero-order chi connectivity index (χ0) is 45.1. The number of thiophene rings is 1. The van der Waals surface area contributed by atoms with Gasteiger partial charge >= 0.3 is 0 Å². The molecular formula is C63H57NS. The van der Waals surface area contributed by atoms with Crippen molar-refractivity contribution in [1.82, 2.24) is 0 Å². The van der Waals surface area contributed by atoms with Crippen LogP contribution in [0.5, 0.6) is 0 Å². The highest BCUT2D eigenvalue weighted by molar-refractivity contribution is 7.26. The Balaban J connectivity index is 0.000000392. The van der Waals surface area contributed by atoms with Gasteiger partial charge in [0.05, 0.1) is 0 Å². The first-order valence-corrected chi connectivity index (χ1v) is 23.9. The highest BCUT2D eigenvalue weighted by Crippen LogP contribution is 2.52. The van der Waals surface area contributed by atoms with Crippen molar-refractivity contribution in [3.05, 3.63) is 235 Å². The van der Waals surface area contributed by atoms with Crippen molar-refractivity contribution in [2.75, 3.05) is 4.90 Å². The molecule has 0 amide bonds. The van der Waals surface area contributed by atoms with Crippen LogP contribution in [0.15, 0.2) is 212 Å². The molecule has 0 aliphatic heterocycles. The molecular weight excluding hydrogens is 803 g/mol. The normalized spacial score (nSPS) is 13.3. The van der Waals surface area contributed by atoms with Crippen LogP contribution in [0.1, 0.15) is 69.7 Å². The summed E-state index contributed by atoms with van der Waals surface area (Å²) in [4.78, 5) is 2.41. The number of hydrogen-bond donors (Lipinski definition) is 0. The molecule has 0 spiro atoms. The maximum atomic E-state index is 3.89. The highest BCUT2D eigenvalue weighted by Gasteiger charge is 2.37. The van der Waals surface area contributed by atoms with Crippen LogP contribution < -0.4 is 4.90 Å². The molecule has 2 aliphatic rings. The van der Waals surface area contributed by atoms with E-state index < -0.39 is 0 Å². The van der Waals surface area contributed by atoms with E-state index in [1.54, 1.807) is 5.57 Å². The van der Waals surface area contributed by atoms with Crippen LogP contribution in [-0.4, -0.2) is 0 Å². The quantitative estimate of drug-likeness (QED) is 0.154. The number of para-hydroxylation sites is 1. The van der Waals surface area contributed by atoms with Gasteiger partial charge in [0.2, 0.25) is 0 Å². The molecule has 0 unspecified atom stereocenters. The van der Waals surface area contributed by atoms with Crippen molar-refractivity contribution in [2.45, 2.75) is 59.8 Å². The third kappa shape index (κ3) is 8.43. The van der Waals surface area contributed by atoms with Crippen LogP contribution in [0.25, 0.3) is 64.7 Å². The molecule has 1 aromatic heterocycles. The molecule has 11 rings (SSSR count). The van der Waals surface area contributed by atoms with E-state index in [1.165, 1.54) is 87.1 Å². The summed E-state index contributed by atoms with van der Waals surface area (Å²) in [5, 5.41) is 2.62. The van der Waals surface area contributed by atoms with E-state index in [0.29, 0.717) is 0 Å². The predicted molar refractivity (Wildman–Crippen MR) is 286 cm³/mol. The van der Waals surface area contributed by atoms with Crippen LogP contribution >= 0.6 is 11.3 Å². The third-order valence-corrected chi connectivity index (χ3v) is 14.2. The number of hydrogen-bond acceptors (Lipinski definition) is 2. The van der Waals surface area contributed by atoms with Crippen molar-refractivity contribution >= 4 is 59.7 Å². The van der Waals surface area contributed by atoms with E-state index in [2.05, 4.69) is 220 Å². The monoisotopic (exact) mass is 859 g/mol. The molecule has 320 valence electrons. The zero-order valence-electron chi connectivity index (χ0n) is 38.5. The number of benzene rings is 8. The van der Waals surface area contributed by atoms with Gasteiger partial charge in [-0.2, -0.15) is 0 Å². The van der Waals surface area contributed by atoms with Crippen molar-refractivity contribution < 1.29 is 0 Å². The molecule has 2 heteroatoms. The topological polar surface area (TPSA) is 3.24 Å². The van der Waals surface area contributed by atoms with E-state index in [9.17, 15) is 0 Å². The fourth-order valence-corrected chi connectivity index (χ4v) is 10.9. The molecule has 65 heavy (non-hydrogen) atoms. The van der Waals surface area contributed by atoms with Gasteiger partial charge in [0.15, 0.2) is 0 Å². The summed E-state index contributed by atoms with van der Waals surface area (Å²) in [5.74, 6) is 0. The minimum absolute atomic E-state index is 0.0128. The molecule has 1 heterocycles. The van der Waals surface area contributed by atoms with Gasteiger partial charge in [-0.05, 0) is 143 Å². The second-order valence-corrected chi connectivity index (χ2v) is 18.5. The number of fused-ring (bicyclic) bond motifs is 5. The fraction of sp³-hybridized carbons (Fsp3) is 0.143. The summed E-state index contributed by atoms with van der Waals surface area (Å²) in [6.45, 7) is 16.8. The molecule has 0 atom stereocenters. The summed E-state index contributed by atoms with van der Waals surface area (Å²) in [6, 6.07) is 68.6. The lowest BCUT2D eigenvalue weighted by molar-refractivity contribution is 0.607. The van der Waals surface area contributed by atoms with Gasteiger partial charge in [0.25, 0.3) is 0 Å². The highest BCUT2D eigenvalue weighted by atomic mass is 32.1. The first-order chi connectivity index (χ1) is 31.7. The summed E-state index contributed by atoms with van der Waals surface area (Å²) in [7, 11) is 0. The Morgan fingerprint density at radius 3 is 1.80 bits per heavy atom. The molecule has 0 fully saturated rings. The Kier molecular flexibility index (Phi) is 12.4. The van der Waals surface area contributed by atoms with Gasteiger partial charge < -0.3 is 4.90 Å². The van der Waals surface area contributed by atoms with Gasteiger partial charge in [-0.3, -0.25) is 0 Å². The van der Waals surface area contributed by atoms with Gasteiger partial charge in [0.1, 0.15) is 0 Å². The number of anilines is 3. The lowest BCUT2D eigenvalue weighted by Crippen LogP contribution is -2.18. The maximum Gasteiger partial charge on any atom is 0.0465 e. The van der Waals surface area contributed by atoms with E-state index in [0.717, 1.165) is 29.8 Å². The summed E-state index contributed by atoms with van der Waals surface area (Å²) in [5.41, 5.74) is 20.5. The lowest BCUT2D eigenvalue weighted by atomic mass is 9.78. The summed E-state index contributed by atoms with van der Waals surface area (Å²) < 4.78 is 2.63. The molecule has 0 saturated carbocycles. The summed E-state index contributed by atoms with van der Waals surface area (Å²) >= 11 is 1.90. The molecule has 1 nitrogen and oxygen atoms in total. The van der Waals surface area contributed by atoms with E-state index in [-0.39, 0.29) is 5.41 Å². The van der Waals surface area contributed by atoms with Gasteiger partial charge in [-0.15, -0.1) is 11.3 Å². The second kappa shape index (κ2) is 18.6. The molecule has 0 radical (unpaired) electrons. The SMILES string of the molecule is C=C(C)c1ccccc1C.CC.CC1(C)C2=C(C=CCC2)c2ccc(N(c3ccccc3)c3ccc(-c4cc(-c5ccccc5)cc5c4sc4ccc(-c6ccccc6)cc45)cc3)cc21. The number of rotatable bonds is 7. The van der Waals surface area contributed by atoms with E-state index in [4.69, 9.17) is 0 Å². The maximum absolute atomic E-state index is 3.89. The minimum atomic E-state index is 0.0128. The number of aryl methyl sites for hydroxylation is 1. The van der Waals surface area contributed by atoms with Gasteiger partial charge in [-0.25, -0.2) is 0 Å². The zero-order valence-corrected chi connectivity index (χ0v) is 39.3. The number of nitrogens with zero attached hydrogens (tertiary/aromatic N) is 1. The van der Waals surface area contributed by atoms with Crippen molar-refractivity contribution in [3.8, 4) is 33.4 Å². The average molecular weight is 860 g/mol. The molecule has 2 aliphatic carbocycles. The minimum Gasteiger partial charge on any atom is -0.310 e. The average Bonchev–Trinajstić information content (AvgIpc) is 3.84. The lowest BCUT2D eigenvalue weighted by Gasteiger charge is -2.29. The van der Waals surface area contributed by atoms with Crippen LogP contribution in [0.3, 0.4) is 0 Å². The first-order valence-electron chi connectivity index (χ1n) is 23.1. The second-order valence-electron chi connectivity index (χ2n) is 17.4. The molecule has 0 N–H and O–H groups in total. The van der Waals surface area contributed by atoms with Crippen molar-refractivity contribution in [1.29, 1.82) is 0 Å². The molecule has 0 bridgehead atoms. The Bertz CT molecular complexity index is 3200.